The maximum Gasteiger partial charge on any atom is 0.305 e. The van der Waals surface area contributed by atoms with Gasteiger partial charge >= 0.3 is 5.97 Å². The Bertz CT molecular complexity index is 374. The van der Waals surface area contributed by atoms with E-state index in [2.05, 4.69) is 6.07 Å². The average Bonchev–Trinajstić information content (AvgIpc) is 2.43. The number of aryl methyl sites for hydroxylation is 1. The number of aliphatic hydroxyl groups is 1. The van der Waals surface area contributed by atoms with Gasteiger partial charge in [0, 0.05) is 6.42 Å². The minimum atomic E-state index is -0.0897. The molecule has 0 saturated carbocycles. The second-order valence-corrected chi connectivity index (χ2v) is 4.65. The van der Waals surface area contributed by atoms with Crippen LogP contribution in [0.3, 0.4) is 0 Å². The van der Waals surface area contributed by atoms with E-state index in [-0.39, 0.29) is 12.6 Å². The maximum absolute atomic E-state index is 11.1. The number of hydrogen-bond acceptors (Lipinski definition) is 3. The van der Waals surface area contributed by atoms with Crippen molar-refractivity contribution < 1.29 is 14.6 Å². The molecule has 19 heavy (non-hydrogen) atoms. The summed E-state index contributed by atoms with van der Waals surface area (Å²) < 4.78 is 4.88. The molecule has 0 aliphatic carbocycles. The summed E-state index contributed by atoms with van der Waals surface area (Å²) in [6.07, 6.45) is 5.69. The molecular weight excluding hydrogens is 240 g/mol. The standard InChI is InChI=1S/C16H24O3/c1-2-19-16(18)12-6-4-3-5-9-14-10-7-8-11-15(14)13-17/h7-8,10-11,17H,2-6,9,12-13H2,1H3. The number of benzene rings is 1. The van der Waals surface area contributed by atoms with Crippen molar-refractivity contribution >= 4 is 5.97 Å². The van der Waals surface area contributed by atoms with Crippen molar-refractivity contribution in [3.05, 3.63) is 35.4 Å². The van der Waals surface area contributed by atoms with E-state index < -0.39 is 0 Å². The molecule has 0 aromatic heterocycles. The van der Waals surface area contributed by atoms with Crippen LogP contribution in [0.4, 0.5) is 0 Å². The molecule has 0 bridgehead atoms. The molecule has 0 saturated heterocycles. The van der Waals surface area contributed by atoms with E-state index in [4.69, 9.17) is 4.74 Å². The lowest BCUT2D eigenvalue weighted by atomic mass is 10.0. The summed E-state index contributed by atoms with van der Waals surface area (Å²) in [5.74, 6) is -0.0897. The molecule has 106 valence electrons. The number of aliphatic hydroxyl groups excluding tert-OH is 1. The molecule has 0 amide bonds. The van der Waals surface area contributed by atoms with Gasteiger partial charge in [-0.2, -0.15) is 0 Å². The Balaban J connectivity index is 2.12. The molecule has 0 fully saturated rings. The van der Waals surface area contributed by atoms with Crippen LogP contribution in [0.25, 0.3) is 0 Å². The van der Waals surface area contributed by atoms with Crippen molar-refractivity contribution in [2.24, 2.45) is 0 Å². The SMILES string of the molecule is CCOC(=O)CCCCCCc1ccccc1CO. The van der Waals surface area contributed by atoms with Gasteiger partial charge in [0.25, 0.3) is 0 Å². The van der Waals surface area contributed by atoms with E-state index in [1.807, 2.05) is 25.1 Å². The van der Waals surface area contributed by atoms with Crippen LogP contribution < -0.4 is 0 Å². The molecule has 1 rings (SSSR count). The van der Waals surface area contributed by atoms with E-state index >= 15 is 0 Å². The Morgan fingerprint density at radius 1 is 1.11 bits per heavy atom. The molecule has 3 nitrogen and oxygen atoms in total. The monoisotopic (exact) mass is 264 g/mol. The Morgan fingerprint density at radius 3 is 2.47 bits per heavy atom. The summed E-state index contributed by atoms with van der Waals surface area (Å²) in [6.45, 7) is 2.41. The van der Waals surface area contributed by atoms with Crippen LogP contribution in [0, 0.1) is 0 Å². The van der Waals surface area contributed by atoms with E-state index in [0.717, 1.165) is 37.7 Å². The van der Waals surface area contributed by atoms with Crippen molar-refractivity contribution in [3.8, 4) is 0 Å². The molecule has 0 atom stereocenters. The lowest BCUT2D eigenvalue weighted by Gasteiger charge is -2.07. The van der Waals surface area contributed by atoms with Crippen LogP contribution in [0.5, 0.6) is 0 Å². The summed E-state index contributed by atoms with van der Waals surface area (Å²) in [4.78, 5) is 11.1. The van der Waals surface area contributed by atoms with Gasteiger partial charge in [-0.3, -0.25) is 4.79 Å². The number of carbonyl (C=O) groups is 1. The summed E-state index contributed by atoms with van der Waals surface area (Å²) in [5.41, 5.74) is 2.25. The predicted octanol–water partition coefficient (Wildman–Crippen LogP) is 3.24. The van der Waals surface area contributed by atoms with Crippen molar-refractivity contribution in [1.82, 2.24) is 0 Å². The highest BCUT2D eigenvalue weighted by molar-refractivity contribution is 5.69. The highest BCUT2D eigenvalue weighted by Crippen LogP contribution is 2.13. The van der Waals surface area contributed by atoms with Gasteiger partial charge in [0.05, 0.1) is 13.2 Å². The fraction of sp³-hybridized carbons (Fsp3) is 0.562. The third-order valence-corrected chi connectivity index (χ3v) is 3.17. The van der Waals surface area contributed by atoms with Gasteiger partial charge in [-0.25, -0.2) is 0 Å². The van der Waals surface area contributed by atoms with Crippen LogP contribution in [-0.4, -0.2) is 17.7 Å². The van der Waals surface area contributed by atoms with Crippen molar-refractivity contribution in [3.63, 3.8) is 0 Å². The van der Waals surface area contributed by atoms with Crippen LogP contribution in [0.15, 0.2) is 24.3 Å². The normalized spacial score (nSPS) is 10.4. The predicted molar refractivity (Wildman–Crippen MR) is 75.8 cm³/mol. The van der Waals surface area contributed by atoms with Crippen LogP contribution in [0.2, 0.25) is 0 Å². The zero-order valence-corrected chi connectivity index (χ0v) is 11.7. The Labute approximate surface area is 115 Å². The summed E-state index contributed by atoms with van der Waals surface area (Å²) in [5, 5.41) is 9.22. The number of rotatable bonds is 9. The van der Waals surface area contributed by atoms with Gasteiger partial charge in [-0.05, 0) is 37.3 Å². The first-order chi connectivity index (χ1) is 9.27. The van der Waals surface area contributed by atoms with Gasteiger partial charge in [-0.1, -0.05) is 37.1 Å². The maximum atomic E-state index is 11.1. The zero-order valence-electron chi connectivity index (χ0n) is 11.7. The number of hydrogen-bond donors (Lipinski definition) is 1. The van der Waals surface area contributed by atoms with Crippen LogP contribution in [0.1, 0.15) is 50.2 Å². The van der Waals surface area contributed by atoms with Crippen molar-refractivity contribution in [2.45, 2.75) is 52.1 Å². The lowest BCUT2D eigenvalue weighted by molar-refractivity contribution is -0.143. The quantitative estimate of drug-likeness (QED) is 0.550. The smallest absolute Gasteiger partial charge is 0.305 e. The van der Waals surface area contributed by atoms with Gasteiger partial charge < -0.3 is 9.84 Å². The van der Waals surface area contributed by atoms with E-state index in [0.29, 0.717) is 13.0 Å². The molecule has 0 aliphatic heterocycles. The summed E-state index contributed by atoms with van der Waals surface area (Å²) >= 11 is 0. The second-order valence-electron chi connectivity index (χ2n) is 4.65. The molecule has 3 heteroatoms. The van der Waals surface area contributed by atoms with Crippen LogP contribution in [-0.2, 0) is 22.6 Å². The first-order valence-corrected chi connectivity index (χ1v) is 7.11. The first-order valence-electron chi connectivity index (χ1n) is 7.11. The largest absolute Gasteiger partial charge is 0.466 e. The lowest BCUT2D eigenvalue weighted by Crippen LogP contribution is -2.03. The topological polar surface area (TPSA) is 46.5 Å². The van der Waals surface area contributed by atoms with Gasteiger partial charge in [0.1, 0.15) is 0 Å². The highest BCUT2D eigenvalue weighted by atomic mass is 16.5. The summed E-state index contributed by atoms with van der Waals surface area (Å²) in [7, 11) is 0. The van der Waals surface area contributed by atoms with Crippen molar-refractivity contribution in [2.75, 3.05) is 6.61 Å². The molecular formula is C16H24O3. The number of esters is 1. The Hall–Kier alpha value is -1.35. The average molecular weight is 264 g/mol. The number of unbranched alkanes of at least 4 members (excludes halogenated alkanes) is 3. The van der Waals surface area contributed by atoms with Gasteiger partial charge in [0.2, 0.25) is 0 Å². The van der Waals surface area contributed by atoms with Crippen molar-refractivity contribution in [1.29, 1.82) is 0 Å². The Kier molecular flexibility index (Phi) is 7.91. The fourth-order valence-electron chi connectivity index (χ4n) is 2.13. The van der Waals surface area contributed by atoms with E-state index in [9.17, 15) is 9.90 Å². The molecule has 1 aromatic rings. The second kappa shape index (κ2) is 9.56. The number of carbonyl (C=O) groups excluding carboxylic acids is 1. The van der Waals surface area contributed by atoms with Gasteiger partial charge in [-0.15, -0.1) is 0 Å². The molecule has 0 aliphatic rings. The minimum Gasteiger partial charge on any atom is -0.466 e. The van der Waals surface area contributed by atoms with Crippen LogP contribution >= 0.6 is 0 Å². The van der Waals surface area contributed by atoms with E-state index in [1.165, 1.54) is 5.56 Å². The molecule has 0 heterocycles. The first kappa shape index (κ1) is 15.7. The third kappa shape index (κ3) is 6.39. The molecule has 1 aromatic carbocycles. The third-order valence-electron chi connectivity index (χ3n) is 3.17. The fourth-order valence-corrected chi connectivity index (χ4v) is 2.13. The molecule has 1 N–H and O–H groups in total. The summed E-state index contributed by atoms with van der Waals surface area (Å²) in [6, 6.07) is 8.00. The highest BCUT2D eigenvalue weighted by Gasteiger charge is 2.02. The number of ether oxygens (including phenoxy) is 1. The Morgan fingerprint density at radius 2 is 1.79 bits per heavy atom. The minimum absolute atomic E-state index is 0.0897. The molecule has 0 radical (unpaired) electrons. The molecule has 0 unspecified atom stereocenters. The van der Waals surface area contributed by atoms with E-state index in [1.54, 1.807) is 0 Å². The molecule has 0 spiro atoms. The zero-order chi connectivity index (χ0) is 13.9. The van der Waals surface area contributed by atoms with Gasteiger partial charge in [0.15, 0.2) is 0 Å².